The topological polar surface area (TPSA) is 38.5 Å². The molecule has 4 heteroatoms. The molecule has 0 aliphatic heterocycles. The molecule has 0 saturated carbocycles. The van der Waals surface area contributed by atoms with Gasteiger partial charge < -0.3 is 15.4 Å². The first-order valence-electron chi connectivity index (χ1n) is 4.35. The van der Waals surface area contributed by atoms with Crippen LogP contribution in [-0.2, 0) is 0 Å². The third kappa shape index (κ3) is 2.11. The quantitative estimate of drug-likeness (QED) is 0.783. The Balaban J connectivity index is 3.24. The van der Waals surface area contributed by atoms with E-state index in [1.807, 2.05) is 31.0 Å². The third-order valence-electron chi connectivity index (χ3n) is 2.11. The van der Waals surface area contributed by atoms with E-state index in [1.54, 1.807) is 7.11 Å². The summed E-state index contributed by atoms with van der Waals surface area (Å²) >= 11 is 5.96. The molecule has 0 radical (unpaired) electrons. The summed E-state index contributed by atoms with van der Waals surface area (Å²) in [4.78, 5) is 1.89. The summed E-state index contributed by atoms with van der Waals surface area (Å²) in [7, 11) is 3.54. The maximum atomic E-state index is 5.96. The summed E-state index contributed by atoms with van der Waals surface area (Å²) in [5.41, 5.74) is 7.48. The largest absolute Gasteiger partial charge is 0.494 e. The summed E-state index contributed by atoms with van der Waals surface area (Å²) in [5, 5.41) is 0.693. The first kappa shape index (κ1) is 11.1. The highest BCUT2D eigenvalue weighted by molar-refractivity contribution is 6.31. The van der Waals surface area contributed by atoms with Gasteiger partial charge in [0.25, 0.3) is 0 Å². The van der Waals surface area contributed by atoms with Crippen molar-refractivity contribution >= 4 is 17.3 Å². The van der Waals surface area contributed by atoms with Crippen LogP contribution in [0.3, 0.4) is 0 Å². The van der Waals surface area contributed by atoms with E-state index in [0.29, 0.717) is 11.7 Å². The number of benzene rings is 1. The molecular weight excluding hydrogens is 200 g/mol. The van der Waals surface area contributed by atoms with Gasteiger partial charge in [-0.2, -0.15) is 0 Å². The summed E-state index contributed by atoms with van der Waals surface area (Å²) < 4.78 is 5.30. The fourth-order valence-corrected chi connectivity index (χ4v) is 1.63. The number of nitrogens with two attached hydrogens (primary N) is 1. The maximum Gasteiger partial charge on any atom is 0.145 e. The van der Waals surface area contributed by atoms with Crippen molar-refractivity contribution in [2.24, 2.45) is 5.73 Å². The summed E-state index contributed by atoms with van der Waals surface area (Å²) in [5.74, 6) is 0.822. The lowest BCUT2D eigenvalue weighted by atomic mass is 10.2. The van der Waals surface area contributed by atoms with Crippen LogP contribution in [0.5, 0.6) is 5.75 Å². The second-order valence-electron chi connectivity index (χ2n) is 3.16. The van der Waals surface area contributed by atoms with E-state index in [1.165, 1.54) is 0 Å². The number of rotatable bonds is 3. The lowest BCUT2D eigenvalue weighted by molar-refractivity contribution is 0.412. The molecule has 0 aliphatic carbocycles. The van der Waals surface area contributed by atoms with E-state index in [9.17, 15) is 0 Å². The minimum atomic E-state index is 0.427. The Morgan fingerprint density at radius 3 is 2.64 bits per heavy atom. The summed E-state index contributed by atoms with van der Waals surface area (Å²) in [6.07, 6.45) is 0. The average molecular weight is 215 g/mol. The standard InChI is InChI=1S/C10H15ClN2O/c1-7-4-8(11)5-9(10(7)14-3)13(2)6-12/h4-5H,6,12H2,1-3H3. The van der Waals surface area contributed by atoms with E-state index in [-0.39, 0.29) is 0 Å². The van der Waals surface area contributed by atoms with Gasteiger partial charge >= 0.3 is 0 Å². The van der Waals surface area contributed by atoms with Gasteiger partial charge in [0.15, 0.2) is 0 Å². The van der Waals surface area contributed by atoms with Gasteiger partial charge in [-0.15, -0.1) is 0 Å². The molecule has 0 amide bonds. The van der Waals surface area contributed by atoms with Crippen LogP contribution in [0.1, 0.15) is 5.56 Å². The zero-order chi connectivity index (χ0) is 10.7. The van der Waals surface area contributed by atoms with Crippen molar-refractivity contribution in [3.05, 3.63) is 22.7 Å². The average Bonchev–Trinajstić information content (AvgIpc) is 2.15. The van der Waals surface area contributed by atoms with Gasteiger partial charge in [-0.1, -0.05) is 11.6 Å². The van der Waals surface area contributed by atoms with Crippen molar-refractivity contribution in [2.45, 2.75) is 6.92 Å². The molecule has 0 unspecified atom stereocenters. The Hall–Kier alpha value is -0.930. The van der Waals surface area contributed by atoms with Gasteiger partial charge in [0, 0.05) is 12.1 Å². The van der Waals surface area contributed by atoms with Gasteiger partial charge in [-0.05, 0) is 24.6 Å². The molecule has 78 valence electrons. The number of aryl methyl sites for hydroxylation is 1. The lowest BCUT2D eigenvalue weighted by Gasteiger charge is -2.21. The molecule has 0 heterocycles. The van der Waals surface area contributed by atoms with Gasteiger partial charge in [0.1, 0.15) is 5.75 Å². The van der Waals surface area contributed by atoms with Crippen molar-refractivity contribution in [3.63, 3.8) is 0 Å². The molecule has 1 aromatic carbocycles. The second kappa shape index (κ2) is 4.53. The Bertz CT molecular complexity index is 328. The molecular formula is C10H15ClN2O. The van der Waals surface area contributed by atoms with Crippen LogP contribution in [0.4, 0.5) is 5.69 Å². The number of anilines is 1. The maximum absolute atomic E-state index is 5.96. The zero-order valence-corrected chi connectivity index (χ0v) is 9.43. The predicted octanol–water partition coefficient (Wildman–Crippen LogP) is 2.01. The number of hydrogen-bond acceptors (Lipinski definition) is 3. The number of nitrogens with zero attached hydrogens (tertiary/aromatic N) is 1. The van der Waals surface area contributed by atoms with Crippen molar-refractivity contribution in [3.8, 4) is 5.75 Å². The minimum absolute atomic E-state index is 0.427. The Morgan fingerprint density at radius 1 is 1.50 bits per heavy atom. The van der Waals surface area contributed by atoms with Gasteiger partial charge in [-0.25, -0.2) is 0 Å². The number of ether oxygens (including phenoxy) is 1. The highest BCUT2D eigenvalue weighted by Crippen LogP contribution is 2.33. The molecule has 0 saturated heterocycles. The molecule has 14 heavy (non-hydrogen) atoms. The molecule has 0 fully saturated rings. The van der Waals surface area contributed by atoms with Crippen LogP contribution in [-0.4, -0.2) is 20.8 Å². The van der Waals surface area contributed by atoms with E-state index < -0.39 is 0 Å². The van der Waals surface area contributed by atoms with E-state index in [2.05, 4.69) is 0 Å². The first-order chi connectivity index (χ1) is 6.60. The number of halogens is 1. The van der Waals surface area contributed by atoms with Gasteiger partial charge in [0.05, 0.1) is 19.5 Å². The molecule has 2 N–H and O–H groups in total. The van der Waals surface area contributed by atoms with Crippen LogP contribution in [0.25, 0.3) is 0 Å². The fourth-order valence-electron chi connectivity index (χ4n) is 1.36. The van der Waals surface area contributed by atoms with E-state index >= 15 is 0 Å². The normalized spacial score (nSPS) is 10.1. The SMILES string of the molecule is COc1c(C)cc(Cl)cc1N(C)CN. The lowest BCUT2D eigenvalue weighted by Crippen LogP contribution is -2.25. The van der Waals surface area contributed by atoms with Crippen molar-refractivity contribution < 1.29 is 4.74 Å². The van der Waals surface area contributed by atoms with E-state index in [4.69, 9.17) is 22.1 Å². The van der Waals surface area contributed by atoms with Gasteiger partial charge in [-0.3, -0.25) is 0 Å². The molecule has 1 aromatic rings. The smallest absolute Gasteiger partial charge is 0.145 e. The zero-order valence-electron chi connectivity index (χ0n) is 8.67. The monoisotopic (exact) mass is 214 g/mol. The molecule has 0 aromatic heterocycles. The van der Waals surface area contributed by atoms with Gasteiger partial charge in [0.2, 0.25) is 0 Å². The van der Waals surface area contributed by atoms with Crippen LogP contribution in [0.2, 0.25) is 5.02 Å². The molecule has 3 nitrogen and oxygen atoms in total. The second-order valence-corrected chi connectivity index (χ2v) is 3.59. The van der Waals surface area contributed by atoms with Crippen molar-refractivity contribution in [1.29, 1.82) is 0 Å². The minimum Gasteiger partial charge on any atom is -0.494 e. The number of methoxy groups -OCH3 is 1. The summed E-state index contributed by atoms with van der Waals surface area (Å²) in [6, 6.07) is 3.72. The Morgan fingerprint density at radius 2 is 2.14 bits per heavy atom. The highest BCUT2D eigenvalue weighted by Gasteiger charge is 2.10. The predicted molar refractivity (Wildman–Crippen MR) is 60.2 cm³/mol. The van der Waals surface area contributed by atoms with Crippen LogP contribution in [0, 0.1) is 6.92 Å². The Labute approximate surface area is 89.4 Å². The molecule has 0 atom stereocenters. The van der Waals surface area contributed by atoms with Crippen LogP contribution < -0.4 is 15.4 Å². The molecule has 1 rings (SSSR count). The highest BCUT2D eigenvalue weighted by atomic mass is 35.5. The summed E-state index contributed by atoms with van der Waals surface area (Å²) in [6.45, 7) is 2.38. The van der Waals surface area contributed by atoms with Crippen LogP contribution in [0.15, 0.2) is 12.1 Å². The first-order valence-corrected chi connectivity index (χ1v) is 4.73. The third-order valence-corrected chi connectivity index (χ3v) is 2.33. The molecule has 0 bridgehead atoms. The van der Waals surface area contributed by atoms with Crippen molar-refractivity contribution in [1.82, 2.24) is 0 Å². The molecule has 0 aliphatic rings. The van der Waals surface area contributed by atoms with E-state index in [0.717, 1.165) is 17.0 Å². The number of hydrogen-bond donors (Lipinski definition) is 1. The van der Waals surface area contributed by atoms with Crippen molar-refractivity contribution in [2.75, 3.05) is 25.7 Å². The Kier molecular flexibility index (Phi) is 3.61. The van der Waals surface area contributed by atoms with Crippen LogP contribution >= 0.6 is 11.6 Å². The fraction of sp³-hybridized carbons (Fsp3) is 0.400. The molecule has 0 spiro atoms.